The van der Waals surface area contributed by atoms with Crippen molar-refractivity contribution in [2.24, 2.45) is 0 Å². The Bertz CT molecular complexity index is 708. The van der Waals surface area contributed by atoms with Gasteiger partial charge < -0.3 is 15.3 Å². The van der Waals surface area contributed by atoms with E-state index in [1.165, 1.54) is 11.1 Å². The van der Waals surface area contributed by atoms with Crippen LogP contribution >= 0.6 is 0 Å². The first-order valence-corrected chi connectivity index (χ1v) is 9.08. The van der Waals surface area contributed by atoms with Crippen LogP contribution < -0.4 is 5.32 Å². The molecule has 5 heteroatoms. The summed E-state index contributed by atoms with van der Waals surface area (Å²) in [4.78, 5) is 15.7. The van der Waals surface area contributed by atoms with Crippen molar-refractivity contribution in [3.8, 4) is 0 Å². The molecule has 26 heavy (non-hydrogen) atoms. The monoisotopic (exact) mass is 353 g/mol. The summed E-state index contributed by atoms with van der Waals surface area (Å²) < 4.78 is 0. The Morgan fingerprint density at radius 2 is 1.65 bits per heavy atom. The molecule has 0 aromatic heterocycles. The van der Waals surface area contributed by atoms with E-state index >= 15 is 0 Å². The topological polar surface area (TPSA) is 55.8 Å². The van der Waals surface area contributed by atoms with Crippen molar-refractivity contribution < 1.29 is 9.90 Å². The summed E-state index contributed by atoms with van der Waals surface area (Å²) in [6.45, 7) is 3.34. The van der Waals surface area contributed by atoms with Crippen LogP contribution in [-0.4, -0.2) is 59.8 Å². The highest BCUT2D eigenvalue weighted by Gasteiger charge is 2.42. The van der Waals surface area contributed by atoms with Crippen LogP contribution in [0.5, 0.6) is 0 Å². The normalized spacial score (nSPS) is 20.9. The number of carbonyl (C=O) groups is 1. The minimum atomic E-state index is -0.835. The average Bonchev–Trinajstić information content (AvgIpc) is 2.65. The van der Waals surface area contributed by atoms with Crippen LogP contribution in [0.2, 0.25) is 0 Å². The fraction of sp³-hybridized carbons (Fsp3) is 0.381. The van der Waals surface area contributed by atoms with Crippen molar-refractivity contribution in [2.75, 3.05) is 33.2 Å². The Labute approximate surface area is 155 Å². The van der Waals surface area contributed by atoms with Gasteiger partial charge in [-0.2, -0.15) is 0 Å². The summed E-state index contributed by atoms with van der Waals surface area (Å²) in [6.07, 6.45) is -0.0245. The van der Waals surface area contributed by atoms with Gasteiger partial charge in [0.25, 0.3) is 0 Å². The second-order valence-corrected chi connectivity index (χ2v) is 7.03. The molecule has 1 atom stereocenters. The van der Waals surface area contributed by atoms with Gasteiger partial charge in [0.05, 0.1) is 5.54 Å². The lowest BCUT2D eigenvalue weighted by molar-refractivity contribution is -0.00258. The van der Waals surface area contributed by atoms with Crippen molar-refractivity contribution in [1.82, 2.24) is 15.1 Å². The van der Waals surface area contributed by atoms with E-state index in [9.17, 15) is 9.90 Å². The van der Waals surface area contributed by atoms with Crippen LogP contribution in [0.3, 0.4) is 0 Å². The molecule has 5 nitrogen and oxygen atoms in total. The lowest BCUT2D eigenvalue weighted by Crippen LogP contribution is -2.67. The summed E-state index contributed by atoms with van der Waals surface area (Å²) in [5.41, 5.74) is 2.21. The van der Waals surface area contributed by atoms with Gasteiger partial charge in [-0.05, 0) is 24.6 Å². The predicted octanol–water partition coefficient (Wildman–Crippen LogP) is 2.68. The lowest BCUT2D eigenvalue weighted by Gasteiger charge is -2.50. The third-order valence-corrected chi connectivity index (χ3v) is 5.16. The van der Waals surface area contributed by atoms with Crippen molar-refractivity contribution in [2.45, 2.75) is 18.5 Å². The van der Waals surface area contributed by atoms with Crippen LogP contribution in [0.4, 0.5) is 4.79 Å². The van der Waals surface area contributed by atoms with Crippen LogP contribution in [0.1, 0.15) is 11.1 Å². The minimum absolute atomic E-state index is 0.275. The highest BCUT2D eigenvalue weighted by molar-refractivity contribution is 5.65. The Balaban J connectivity index is 1.92. The number of nitrogens with zero attached hydrogens (tertiary/aromatic N) is 2. The first kappa shape index (κ1) is 18.4. The van der Waals surface area contributed by atoms with E-state index in [0.717, 1.165) is 26.1 Å². The van der Waals surface area contributed by atoms with E-state index in [4.69, 9.17) is 0 Å². The summed E-state index contributed by atoms with van der Waals surface area (Å²) in [7, 11) is 1.94. The quantitative estimate of drug-likeness (QED) is 0.838. The molecular weight excluding hydrogens is 326 g/mol. The van der Waals surface area contributed by atoms with Gasteiger partial charge >= 0.3 is 6.09 Å². The molecule has 1 unspecified atom stereocenters. The number of carboxylic acid groups (broad SMARTS) is 1. The van der Waals surface area contributed by atoms with Crippen LogP contribution in [0.15, 0.2) is 60.7 Å². The molecular formula is C21H27N3O2. The summed E-state index contributed by atoms with van der Waals surface area (Å²) in [6, 6.07) is 20.8. The molecule has 0 radical (unpaired) electrons. The molecule has 1 heterocycles. The highest BCUT2D eigenvalue weighted by atomic mass is 16.4. The second-order valence-electron chi connectivity index (χ2n) is 7.03. The number of hydrogen-bond acceptors (Lipinski definition) is 3. The van der Waals surface area contributed by atoms with Gasteiger partial charge in [0.1, 0.15) is 0 Å². The summed E-state index contributed by atoms with van der Waals surface area (Å²) in [5.74, 6) is 0. The summed E-state index contributed by atoms with van der Waals surface area (Å²) >= 11 is 0. The molecule has 1 fully saturated rings. The SMILES string of the molecule is CNCC1(Cc2ccccc2)CN(C(=O)O)CCN1Cc1ccccc1. The van der Waals surface area contributed by atoms with Gasteiger partial charge in [-0.25, -0.2) is 4.79 Å². The molecule has 3 rings (SSSR count). The average molecular weight is 353 g/mol. The molecule has 1 aliphatic heterocycles. The maximum Gasteiger partial charge on any atom is 0.407 e. The number of likely N-dealkylation sites (N-methyl/N-ethyl adjacent to an activating group) is 1. The number of nitrogens with one attached hydrogen (secondary N) is 1. The smallest absolute Gasteiger partial charge is 0.407 e. The Morgan fingerprint density at radius 1 is 1.04 bits per heavy atom. The zero-order chi connectivity index (χ0) is 18.4. The Kier molecular flexibility index (Phi) is 5.91. The zero-order valence-electron chi connectivity index (χ0n) is 15.3. The fourth-order valence-corrected chi connectivity index (χ4v) is 3.93. The van der Waals surface area contributed by atoms with E-state index in [1.54, 1.807) is 4.90 Å². The third-order valence-electron chi connectivity index (χ3n) is 5.16. The minimum Gasteiger partial charge on any atom is -0.465 e. The third kappa shape index (κ3) is 4.23. The largest absolute Gasteiger partial charge is 0.465 e. The fourth-order valence-electron chi connectivity index (χ4n) is 3.93. The van der Waals surface area contributed by atoms with Gasteiger partial charge in [-0.3, -0.25) is 4.90 Å². The Hall–Kier alpha value is -2.37. The van der Waals surface area contributed by atoms with Crippen molar-refractivity contribution in [3.05, 3.63) is 71.8 Å². The van der Waals surface area contributed by atoms with Gasteiger partial charge in [0.15, 0.2) is 0 Å². The predicted molar refractivity (Wildman–Crippen MR) is 103 cm³/mol. The van der Waals surface area contributed by atoms with Gasteiger partial charge in [-0.15, -0.1) is 0 Å². The standard InChI is InChI=1S/C21H27N3O2/c1-22-16-21(14-18-8-4-2-5-9-18)17-23(20(25)26)12-13-24(21)15-19-10-6-3-7-11-19/h2-11,22H,12-17H2,1H3,(H,25,26). The van der Waals surface area contributed by atoms with Gasteiger partial charge in [0, 0.05) is 32.7 Å². The molecule has 138 valence electrons. The molecule has 1 aliphatic rings. The highest BCUT2D eigenvalue weighted by Crippen LogP contribution is 2.28. The molecule has 0 saturated carbocycles. The number of rotatable bonds is 6. The van der Waals surface area contributed by atoms with Crippen molar-refractivity contribution in [3.63, 3.8) is 0 Å². The molecule has 2 aromatic carbocycles. The Morgan fingerprint density at radius 3 is 2.23 bits per heavy atom. The van der Waals surface area contributed by atoms with E-state index in [2.05, 4.69) is 46.6 Å². The van der Waals surface area contributed by atoms with E-state index in [0.29, 0.717) is 13.1 Å². The maximum absolute atomic E-state index is 11.7. The van der Waals surface area contributed by atoms with Gasteiger partial charge in [-0.1, -0.05) is 60.7 Å². The molecule has 2 aromatic rings. The van der Waals surface area contributed by atoms with E-state index in [-0.39, 0.29) is 5.54 Å². The van der Waals surface area contributed by atoms with Crippen molar-refractivity contribution in [1.29, 1.82) is 0 Å². The molecule has 0 bridgehead atoms. The van der Waals surface area contributed by atoms with Gasteiger partial charge in [0.2, 0.25) is 0 Å². The number of benzene rings is 2. The van der Waals surface area contributed by atoms with Crippen LogP contribution in [-0.2, 0) is 13.0 Å². The van der Waals surface area contributed by atoms with Crippen molar-refractivity contribution >= 4 is 6.09 Å². The molecule has 0 spiro atoms. The number of piperazine rings is 1. The first-order chi connectivity index (χ1) is 12.6. The molecule has 2 N–H and O–H groups in total. The molecule has 0 aliphatic carbocycles. The van der Waals surface area contributed by atoms with Crippen LogP contribution in [0.25, 0.3) is 0 Å². The van der Waals surface area contributed by atoms with Crippen LogP contribution in [0, 0.1) is 0 Å². The number of hydrogen-bond donors (Lipinski definition) is 2. The summed E-state index contributed by atoms with van der Waals surface area (Å²) in [5, 5.41) is 12.9. The lowest BCUT2D eigenvalue weighted by atomic mass is 9.85. The first-order valence-electron chi connectivity index (χ1n) is 9.08. The molecule has 1 saturated heterocycles. The number of amides is 1. The van der Waals surface area contributed by atoms with E-state index in [1.807, 2.05) is 31.3 Å². The second kappa shape index (κ2) is 8.34. The zero-order valence-corrected chi connectivity index (χ0v) is 15.3. The van der Waals surface area contributed by atoms with E-state index < -0.39 is 6.09 Å². The maximum atomic E-state index is 11.7. The molecule has 1 amide bonds.